The zero-order valence-corrected chi connectivity index (χ0v) is 12.8. The summed E-state index contributed by atoms with van der Waals surface area (Å²) in [7, 11) is 1.67. The van der Waals surface area contributed by atoms with Crippen LogP contribution in [0.2, 0.25) is 0 Å². The first kappa shape index (κ1) is 15.5. The minimum Gasteiger partial charge on any atom is -0.497 e. The summed E-state index contributed by atoms with van der Waals surface area (Å²) in [5, 5.41) is 0.752. The Morgan fingerprint density at radius 2 is 1.89 bits per heavy atom. The fourth-order valence-corrected chi connectivity index (χ4v) is 2.11. The summed E-state index contributed by atoms with van der Waals surface area (Å²) in [6.45, 7) is 5.24. The molecule has 0 aliphatic rings. The second kappa shape index (κ2) is 8.51. The minimum atomic E-state index is 0.0239. The van der Waals surface area contributed by atoms with Crippen LogP contribution in [0.25, 0.3) is 0 Å². The maximum Gasteiger partial charge on any atom is 0.119 e. The molecule has 1 aromatic carbocycles. The molecule has 0 aliphatic carbocycles. The monoisotopic (exact) mass is 316 g/mol. The van der Waals surface area contributed by atoms with Gasteiger partial charge in [-0.05, 0) is 31.5 Å². The number of alkyl halides is 1. The number of hydrogen-bond acceptors (Lipinski definition) is 3. The molecule has 0 fully saturated rings. The Kier molecular flexibility index (Phi) is 7.32. The SMILES string of the molecule is COc1cccc(C(CBr)OCCOC(C)C)c1. The Bertz CT molecular complexity index is 342. The van der Waals surface area contributed by atoms with Crippen molar-refractivity contribution in [1.82, 2.24) is 0 Å². The lowest BCUT2D eigenvalue weighted by Gasteiger charge is -2.17. The van der Waals surface area contributed by atoms with Crippen LogP contribution in [0.15, 0.2) is 24.3 Å². The maximum absolute atomic E-state index is 5.80. The van der Waals surface area contributed by atoms with Crippen LogP contribution in [0.1, 0.15) is 25.5 Å². The van der Waals surface area contributed by atoms with Crippen molar-refractivity contribution in [2.75, 3.05) is 25.7 Å². The summed E-state index contributed by atoms with van der Waals surface area (Å²) < 4.78 is 16.5. The molecule has 1 atom stereocenters. The highest BCUT2D eigenvalue weighted by Gasteiger charge is 2.11. The molecule has 4 heteroatoms. The van der Waals surface area contributed by atoms with Crippen LogP contribution in [0, 0.1) is 0 Å². The van der Waals surface area contributed by atoms with Crippen LogP contribution in [0.5, 0.6) is 5.75 Å². The van der Waals surface area contributed by atoms with Gasteiger partial charge in [0.1, 0.15) is 5.75 Å². The predicted molar refractivity (Wildman–Crippen MR) is 76.6 cm³/mol. The lowest BCUT2D eigenvalue weighted by Crippen LogP contribution is -2.13. The van der Waals surface area contributed by atoms with Crippen LogP contribution in [0.4, 0.5) is 0 Å². The Labute approximate surface area is 118 Å². The second-order valence-electron chi connectivity index (χ2n) is 4.21. The maximum atomic E-state index is 5.80. The van der Waals surface area contributed by atoms with Crippen molar-refractivity contribution in [3.63, 3.8) is 0 Å². The fourth-order valence-electron chi connectivity index (χ4n) is 1.55. The van der Waals surface area contributed by atoms with Crippen molar-refractivity contribution in [2.45, 2.75) is 26.1 Å². The fraction of sp³-hybridized carbons (Fsp3) is 0.571. The first-order valence-electron chi connectivity index (χ1n) is 6.10. The number of ether oxygens (including phenoxy) is 3. The summed E-state index contributed by atoms with van der Waals surface area (Å²) in [6, 6.07) is 7.93. The lowest BCUT2D eigenvalue weighted by molar-refractivity contribution is -0.00557. The van der Waals surface area contributed by atoms with Crippen LogP contribution < -0.4 is 4.74 Å². The highest BCUT2D eigenvalue weighted by Crippen LogP contribution is 2.23. The van der Waals surface area contributed by atoms with E-state index in [1.165, 1.54) is 0 Å². The zero-order valence-electron chi connectivity index (χ0n) is 11.2. The van der Waals surface area contributed by atoms with Gasteiger partial charge < -0.3 is 14.2 Å². The molecule has 0 bridgehead atoms. The molecule has 18 heavy (non-hydrogen) atoms. The highest BCUT2D eigenvalue weighted by atomic mass is 79.9. The predicted octanol–water partition coefficient (Wildman–Crippen LogP) is 3.57. The summed E-state index contributed by atoms with van der Waals surface area (Å²) >= 11 is 3.47. The van der Waals surface area contributed by atoms with Crippen LogP contribution in [-0.4, -0.2) is 31.8 Å². The van der Waals surface area contributed by atoms with Crippen molar-refractivity contribution in [2.24, 2.45) is 0 Å². The van der Waals surface area contributed by atoms with Crippen molar-refractivity contribution in [3.8, 4) is 5.75 Å². The molecule has 0 aromatic heterocycles. The van der Waals surface area contributed by atoms with Crippen LogP contribution >= 0.6 is 15.9 Å². The quantitative estimate of drug-likeness (QED) is 0.542. The van der Waals surface area contributed by atoms with Gasteiger partial charge in [0, 0.05) is 5.33 Å². The van der Waals surface area contributed by atoms with E-state index in [4.69, 9.17) is 14.2 Å². The number of rotatable bonds is 8. The van der Waals surface area contributed by atoms with Gasteiger partial charge >= 0.3 is 0 Å². The molecule has 0 aliphatic heterocycles. The van der Waals surface area contributed by atoms with Crippen LogP contribution in [0.3, 0.4) is 0 Å². The van der Waals surface area contributed by atoms with E-state index >= 15 is 0 Å². The molecular formula is C14H21BrO3. The van der Waals surface area contributed by atoms with E-state index < -0.39 is 0 Å². The molecule has 1 rings (SSSR count). The van der Waals surface area contributed by atoms with Gasteiger partial charge in [0.15, 0.2) is 0 Å². The lowest BCUT2D eigenvalue weighted by atomic mass is 10.1. The van der Waals surface area contributed by atoms with Crippen LogP contribution in [-0.2, 0) is 9.47 Å². The van der Waals surface area contributed by atoms with E-state index in [1.807, 2.05) is 38.1 Å². The Hall–Kier alpha value is -0.580. The molecule has 1 aromatic rings. The number of benzene rings is 1. The van der Waals surface area contributed by atoms with E-state index in [0.717, 1.165) is 16.6 Å². The van der Waals surface area contributed by atoms with Crippen molar-refractivity contribution < 1.29 is 14.2 Å². The summed E-state index contributed by atoms with van der Waals surface area (Å²) in [5.74, 6) is 0.848. The van der Waals surface area contributed by atoms with E-state index in [-0.39, 0.29) is 12.2 Å². The molecule has 0 heterocycles. The largest absolute Gasteiger partial charge is 0.497 e. The average molecular weight is 317 g/mol. The van der Waals surface area contributed by atoms with Gasteiger partial charge in [0.05, 0.1) is 32.5 Å². The van der Waals surface area contributed by atoms with E-state index in [1.54, 1.807) is 7.11 Å². The van der Waals surface area contributed by atoms with E-state index in [9.17, 15) is 0 Å². The average Bonchev–Trinajstić information content (AvgIpc) is 2.38. The number of methoxy groups -OCH3 is 1. The van der Waals surface area contributed by atoms with Crippen molar-refractivity contribution in [1.29, 1.82) is 0 Å². The molecule has 0 amide bonds. The Morgan fingerprint density at radius 1 is 1.17 bits per heavy atom. The van der Waals surface area contributed by atoms with Gasteiger partial charge in [-0.1, -0.05) is 28.1 Å². The zero-order chi connectivity index (χ0) is 13.4. The molecule has 102 valence electrons. The molecule has 3 nitrogen and oxygen atoms in total. The molecule has 1 unspecified atom stereocenters. The molecule has 0 N–H and O–H groups in total. The normalized spacial score (nSPS) is 12.7. The van der Waals surface area contributed by atoms with Crippen molar-refractivity contribution in [3.05, 3.63) is 29.8 Å². The topological polar surface area (TPSA) is 27.7 Å². The first-order valence-corrected chi connectivity index (χ1v) is 7.22. The van der Waals surface area contributed by atoms with Gasteiger partial charge in [0.2, 0.25) is 0 Å². The molecule has 0 spiro atoms. The number of hydrogen-bond donors (Lipinski definition) is 0. The van der Waals surface area contributed by atoms with Gasteiger partial charge in [-0.25, -0.2) is 0 Å². The Morgan fingerprint density at radius 3 is 2.50 bits per heavy atom. The summed E-state index contributed by atoms with van der Waals surface area (Å²) in [4.78, 5) is 0. The van der Waals surface area contributed by atoms with Gasteiger partial charge in [-0.2, -0.15) is 0 Å². The summed E-state index contributed by atoms with van der Waals surface area (Å²) in [6.07, 6.45) is 0.267. The molecular weight excluding hydrogens is 296 g/mol. The standard InChI is InChI=1S/C14H21BrO3/c1-11(2)17-7-8-18-14(10-15)12-5-4-6-13(9-12)16-3/h4-6,9,11,14H,7-8,10H2,1-3H3. The smallest absolute Gasteiger partial charge is 0.119 e. The van der Waals surface area contributed by atoms with Gasteiger partial charge in [0.25, 0.3) is 0 Å². The first-order chi connectivity index (χ1) is 8.67. The third-order valence-corrected chi connectivity index (χ3v) is 3.05. The highest BCUT2D eigenvalue weighted by molar-refractivity contribution is 9.09. The number of halogens is 1. The van der Waals surface area contributed by atoms with Gasteiger partial charge in [-0.3, -0.25) is 0 Å². The van der Waals surface area contributed by atoms with E-state index in [0.29, 0.717) is 13.2 Å². The van der Waals surface area contributed by atoms with Gasteiger partial charge in [-0.15, -0.1) is 0 Å². The summed E-state index contributed by atoms with van der Waals surface area (Å²) in [5.41, 5.74) is 1.11. The third-order valence-electron chi connectivity index (χ3n) is 2.46. The minimum absolute atomic E-state index is 0.0239. The Balaban J connectivity index is 2.49. The molecule has 0 saturated heterocycles. The second-order valence-corrected chi connectivity index (χ2v) is 4.86. The van der Waals surface area contributed by atoms with Crippen molar-refractivity contribution >= 4 is 15.9 Å². The molecule has 0 radical (unpaired) electrons. The van der Waals surface area contributed by atoms with E-state index in [2.05, 4.69) is 15.9 Å². The molecule has 0 saturated carbocycles. The third kappa shape index (κ3) is 5.38.